The third kappa shape index (κ3) is 4.48. The number of aliphatic hydroxyl groups is 3. The monoisotopic (exact) mass is 432 g/mol. The molecule has 0 spiro atoms. The molecule has 3 rings (SSSR count). The topological polar surface area (TPSA) is 168 Å². The second kappa shape index (κ2) is 8.92. The molecular formula is C20H24N4O7. The van der Waals surface area contributed by atoms with E-state index in [1.54, 1.807) is 19.1 Å². The van der Waals surface area contributed by atoms with Crippen LogP contribution in [0.4, 0.5) is 0 Å². The van der Waals surface area contributed by atoms with E-state index in [-0.39, 0.29) is 24.5 Å². The van der Waals surface area contributed by atoms with Gasteiger partial charge in [-0.25, -0.2) is 9.78 Å². The molecule has 0 saturated carbocycles. The molecule has 0 unspecified atom stereocenters. The molecule has 0 radical (unpaired) electrons. The number of aliphatic hydroxyl groups excluding tert-OH is 3. The lowest BCUT2D eigenvalue weighted by Gasteiger charge is -2.28. The van der Waals surface area contributed by atoms with Gasteiger partial charge in [-0.05, 0) is 37.1 Å². The van der Waals surface area contributed by atoms with Gasteiger partial charge in [-0.1, -0.05) is 6.92 Å². The summed E-state index contributed by atoms with van der Waals surface area (Å²) in [6.07, 6.45) is -4.50. The zero-order valence-electron chi connectivity index (χ0n) is 17.3. The van der Waals surface area contributed by atoms with Crippen LogP contribution in [0.3, 0.4) is 0 Å². The van der Waals surface area contributed by atoms with Crippen LogP contribution in [0.1, 0.15) is 24.5 Å². The highest BCUT2D eigenvalue weighted by Crippen LogP contribution is 2.25. The summed E-state index contributed by atoms with van der Waals surface area (Å²) < 4.78 is 6.75. The number of H-pyrrole nitrogens is 1. The number of rotatable bonds is 7. The van der Waals surface area contributed by atoms with Gasteiger partial charge in [0, 0.05) is 6.42 Å². The first kappa shape index (κ1) is 22.5. The molecule has 0 aromatic heterocycles. The van der Waals surface area contributed by atoms with E-state index in [4.69, 9.17) is 4.74 Å². The molecule has 166 valence electrons. The number of nitrogens with zero attached hydrogens (tertiary/aromatic N) is 3. The van der Waals surface area contributed by atoms with E-state index < -0.39 is 42.1 Å². The van der Waals surface area contributed by atoms with Crippen molar-refractivity contribution < 1.29 is 24.9 Å². The highest BCUT2D eigenvalue weighted by molar-refractivity contribution is 5.81. The van der Waals surface area contributed by atoms with Gasteiger partial charge < -0.3 is 24.6 Å². The smallest absolute Gasteiger partial charge is 0.349 e. The Labute approximate surface area is 176 Å². The van der Waals surface area contributed by atoms with Crippen LogP contribution < -0.4 is 11.2 Å². The Kier molecular flexibility index (Phi) is 6.48. The molecule has 1 aromatic rings. The van der Waals surface area contributed by atoms with Gasteiger partial charge in [0.15, 0.2) is 11.5 Å². The number of aryl methyl sites for hydroxylation is 2. The maximum atomic E-state index is 12.4. The van der Waals surface area contributed by atoms with Crippen LogP contribution in [0.5, 0.6) is 0 Å². The number of benzene rings is 1. The molecular weight excluding hydrogens is 408 g/mol. The number of nitrogens with one attached hydrogen (secondary N) is 1. The molecule has 2 heterocycles. The lowest BCUT2D eigenvalue weighted by atomic mass is 10.1. The molecule has 0 fully saturated rings. The maximum Gasteiger partial charge on any atom is 0.349 e. The third-order valence-electron chi connectivity index (χ3n) is 5.12. The number of hydrogen-bond acceptors (Lipinski definition) is 9. The van der Waals surface area contributed by atoms with E-state index in [2.05, 4.69) is 15.0 Å². The minimum absolute atomic E-state index is 0.0158. The third-order valence-corrected chi connectivity index (χ3v) is 5.12. The zero-order chi connectivity index (χ0) is 22.9. The number of carbonyl (C=O) groups excluding carboxylic acids is 1. The van der Waals surface area contributed by atoms with Gasteiger partial charge in [-0.2, -0.15) is 4.98 Å². The predicted molar refractivity (Wildman–Crippen MR) is 110 cm³/mol. The Hall–Kier alpha value is -3.15. The fraction of sp³-hybridized carbons (Fsp3) is 0.450. The van der Waals surface area contributed by atoms with Gasteiger partial charge >= 0.3 is 11.7 Å². The zero-order valence-corrected chi connectivity index (χ0v) is 17.3. The van der Waals surface area contributed by atoms with E-state index >= 15 is 0 Å². The standard InChI is InChI=1S/C20H24N4O7/c1-4-15(27)31-14(17(28)13(26)8-25)7-24-12-6-10(3)9(2)5-11(12)21-16-18(24)22-20(30)23-19(16)29/h5-6,13-14,17,25-26,28H,4,7-8H2,1-3H3,(H,23,29,30)/t13-,14+,17-/m0/s1. The van der Waals surface area contributed by atoms with Crippen molar-refractivity contribution in [1.82, 2.24) is 19.5 Å². The van der Waals surface area contributed by atoms with Crippen LogP contribution in [0.25, 0.3) is 22.6 Å². The van der Waals surface area contributed by atoms with E-state index in [0.29, 0.717) is 11.0 Å². The van der Waals surface area contributed by atoms with Crippen molar-refractivity contribution in [2.75, 3.05) is 6.61 Å². The minimum atomic E-state index is -1.63. The normalized spacial score (nSPS) is 14.5. The van der Waals surface area contributed by atoms with Gasteiger partial charge in [0.25, 0.3) is 5.56 Å². The number of hydrogen-bond donors (Lipinski definition) is 4. The SMILES string of the molecule is CCC(=O)O[C@H](Cn1c2nc(=O)[nH]c(=O)c-2nc2cc(C)c(C)cc21)[C@@H](O)[C@@H](O)CO. The van der Waals surface area contributed by atoms with E-state index in [9.17, 15) is 29.7 Å². The lowest BCUT2D eigenvalue weighted by molar-refractivity contribution is -0.162. The molecule has 4 N–H and O–H groups in total. The molecule has 2 aliphatic heterocycles. The first-order valence-electron chi connectivity index (χ1n) is 9.74. The molecule has 11 heteroatoms. The first-order valence-corrected chi connectivity index (χ1v) is 9.74. The summed E-state index contributed by atoms with van der Waals surface area (Å²) in [6, 6.07) is 3.54. The summed E-state index contributed by atoms with van der Waals surface area (Å²) >= 11 is 0. The van der Waals surface area contributed by atoms with Crippen LogP contribution in [-0.4, -0.2) is 65.7 Å². The number of esters is 1. The van der Waals surface area contributed by atoms with Gasteiger partial charge in [-0.3, -0.25) is 14.6 Å². The van der Waals surface area contributed by atoms with Crippen molar-refractivity contribution >= 4 is 17.0 Å². The van der Waals surface area contributed by atoms with Crippen LogP contribution in [0, 0.1) is 13.8 Å². The predicted octanol–water partition coefficient (Wildman–Crippen LogP) is -0.763. The summed E-state index contributed by atoms with van der Waals surface area (Å²) in [4.78, 5) is 46.5. The lowest BCUT2D eigenvalue weighted by Crippen LogP contribution is -2.44. The Morgan fingerprint density at radius 3 is 2.52 bits per heavy atom. The fourth-order valence-corrected chi connectivity index (χ4v) is 3.24. The molecule has 0 saturated heterocycles. The van der Waals surface area contributed by atoms with Crippen molar-refractivity contribution in [2.24, 2.45) is 0 Å². The highest BCUT2D eigenvalue weighted by atomic mass is 16.6. The van der Waals surface area contributed by atoms with Crippen molar-refractivity contribution in [2.45, 2.75) is 52.0 Å². The van der Waals surface area contributed by atoms with Crippen molar-refractivity contribution in [1.29, 1.82) is 0 Å². The fourth-order valence-electron chi connectivity index (χ4n) is 3.24. The summed E-state index contributed by atoms with van der Waals surface area (Å²) in [5, 5.41) is 29.6. The molecule has 0 bridgehead atoms. The minimum Gasteiger partial charge on any atom is -0.458 e. The molecule has 3 atom stereocenters. The van der Waals surface area contributed by atoms with Crippen LogP contribution in [0.2, 0.25) is 0 Å². The van der Waals surface area contributed by atoms with E-state index in [0.717, 1.165) is 11.1 Å². The van der Waals surface area contributed by atoms with E-state index in [1.807, 2.05) is 13.8 Å². The second-order valence-electron chi connectivity index (χ2n) is 7.31. The average molecular weight is 432 g/mol. The van der Waals surface area contributed by atoms with Gasteiger partial charge in [-0.15, -0.1) is 0 Å². The van der Waals surface area contributed by atoms with Crippen molar-refractivity contribution in [3.8, 4) is 11.5 Å². The Bertz CT molecular complexity index is 1200. The Morgan fingerprint density at radius 2 is 1.87 bits per heavy atom. The summed E-state index contributed by atoms with van der Waals surface area (Å²) in [5.74, 6) is -0.701. The molecule has 0 aliphatic carbocycles. The average Bonchev–Trinajstić information content (AvgIpc) is 2.73. The quantitative estimate of drug-likeness (QED) is 0.277. The van der Waals surface area contributed by atoms with Gasteiger partial charge in [0.2, 0.25) is 0 Å². The van der Waals surface area contributed by atoms with Gasteiger partial charge in [0.1, 0.15) is 18.3 Å². The first-order chi connectivity index (χ1) is 14.7. The van der Waals surface area contributed by atoms with Crippen LogP contribution in [0.15, 0.2) is 21.7 Å². The number of aromatic amines is 1. The Balaban J connectivity index is 2.27. The van der Waals surface area contributed by atoms with Crippen molar-refractivity contribution in [3.05, 3.63) is 44.1 Å². The summed E-state index contributed by atoms with van der Waals surface area (Å²) in [6.45, 7) is 4.30. The molecule has 1 aromatic carbocycles. The Morgan fingerprint density at radius 1 is 1.19 bits per heavy atom. The highest BCUT2D eigenvalue weighted by Gasteiger charge is 2.31. The molecule has 2 aliphatic rings. The van der Waals surface area contributed by atoms with Crippen LogP contribution in [-0.2, 0) is 16.1 Å². The number of aromatic nitrogens is 4. The molecule has 0 amide bonds. The maximum absolute atomic E-state index is 12.4. The van der Waals surface area contributed by atoms with Crippen molar-refractivity contribution in [3.63, 3.8) is 0 Å². The van der Waals surface area contributed by atoms with Gasteiger partial charge in [0.05, 0.1) is 24.2 Å². The largest absolute Gasteiger partial charge is 0.458 e. The second-order valence-corrected chi connectivity index (χ2v) is 7.31. The van der Waals surface area contributed by atoms with E-state index in [1.165, 1.54) is 4.57 Å². The number of ether oxygens (including phenoxy) is 1. The summed E-state index contributed by atoms with van der Waals surface area (Å²) in [5.41, 5.74) is 1.01. The van der Waals surface area contributed by atoms with Crippen LogP contribution >= 0.6 is 0 Å². The molecule has 31 heavy (non-hydrogen) atoms. The number of fused-ring (bicyclic) bond motifs is 2. The summed E-state index contributed by atoms with van der Waals surface area (Å²) in [7, 11) is 0. The molecule has 11 nitrogen and oxygen atoms in total. The number of carbonyl (C=O) groups is 1.